The van der Waals surface area contributed by atoms with Crippen LogP contribution in [0.15, 0.2) is 15.8 Å². The lowest BCUT2D eigenvalue weighted by atomic mass is 10.1. The number of aryl methyl sites for hydroxylation is 2. The van der Waals surface area contributed by atoms with E-state index in [9.17, 15) is 4.21 Å². The van der Waals surface area contributed by atoms with Crippen molar-refractivity contribution in [1.29, 1.82) is 0 Å². The molecule has 1 unspecified atom stereocenters. The van der Waals surface area contributed by atoms with Gasteiger partial charge in [0.1, 0.15) is 16.5 Å². The van der Waals surface area contributed by atoms with E-state index in [0.29, 0.717) is 5.89 Å². The number of hydrogen-bond donors (Lipinski definition) is 0. The molecule has 0 N–H and O–H groups in total. The van der Waals surface area contributed by atoms with Gasteiger partial charge in [0.25, 0.3) is 0 Å². The fourth-order valence-corrected chi connectivity index (χ4v) is 3.34. The molecule has 0 aromatic carbocycles. The molecule has 0 fully saturated rings. The monoisotopic (exact) mass is 337 g/mol. The van der Waals surface area contributed by atoms with Crippen LogP contribution in [0.4, 0.5) is 0 Å². The lowest BCUT2D eigenvalue weighted by Gasteiger charge is -2.11. The normalized spacial score (nSPS) is 12.3. The third-order valence-corrected chi connectivity index (χ3v) is 4.74. The van der Waals surface area contributed by atoms with Crippen LogP contribution in [-0.2, 0) is 23.0 Å². The fourth-order valence-electron chi connectivity index (χ4n) is 2.36. The van der Waals surface area contributed by atoms with Gasteiger partial charge >= 0.3 is 5.22 Å². The molecule has 2 rings (SSSR count). The summed E-state index contributed by atoms with van der Waals surface area (Å²) in [6.45, 7) is 5.98. The average molecular weight is 337 g/mol. The van der Waals surface area contributed by atoms with Crippen molar-refractivity contribution in [2.75, 3.05) is 7.11 Å². The Balaban J connectivity index is 2.08. The van der Waals surface area contributed by atoms with E-state index in [0.717, 1.165) is 48.3 Å². The van der Waals surface area contributed by atoms with Crippen LogP contribution in [0.25, 0.3) is 0 Å². The van der Waals surface area contributed by atoms with E-state index in [1.165, 1.54) is 0 Å². The molecule has 0 spiro atoms. The van der Waals surface area contributed by atoms with Gasteiger partial charge in [-0.15, -0.1) is 5.10 Å². The van der Waals surface area contributed by atoms with Gasteiger partial charge in [0.15, 0.2) is 0 Å². The molecule has 1 atom stereocenters. The number of methoxy groups -OCH3 is 1. The molecule has 0 radical (unpaired) electrons. The van der Waals surface area contributed by atoms with Crippen molar-refractivity contribution in [2.24, 2.45) is 0 Å². The molecule has 0 aliphatic heterocycles. The quantitative estimate of drug-likeness (QED) is 0.689. The predicted molar refractivity (Wildman–Crippen MR) is 87.9 cm³/mol. The van der Waals surface area contributed by atoms with E-state index in [-0.39, 0.29) is 11.0 Å². The van der Waals surface area contributed by atoms with E-state index in [2.05, 4.69) is 22.1 Å². The second kappa shape index (κ2) is 8.19. The van der Waals surface area contributed by atoms with Gasteiger partial charge in [-0.2, -0.15) is 0 Å². The lowest BCUT2D eigenvalue weighted by Crippen LogP contribution is -2.04. The Morgan fingerprint density at radius 1 is 1.26 bits per heavy atom. The van der Waals surface area contributed by atoms with Crippen LogP contribution >= 0.6 is 0 Å². The van der Waals surface area contributed by atoms with Crippen molar-refractivity contribution < 1.29 is 13.4 Å². The van der Waals surface area contributed by atoms with E-state index in [4.69, 9.17) is 9.15 Å². The second-order valence-corrected chi connectivity index (χ2v) is 6.78. The maximum Gasteiger partial charge on any atom is 0.307 e. The molecule has 126 valence electrons. The molecule has 0 aliphatic rings. The predicted octanol–water partition coefficient (Wildman–Crippen LogP) is 3.13. The third-order valence-electron chi connectivity index (χ3n) is 3.65. The highest BCUT2D eigenvalue weighted by atomic mass is 32.2. The van der Waals surface area contributed by atoms with Gasteiger partial charge < -0.3 is 9.15 Å². The van der Waals surface area contributed by atoms with Gasteiger partial charge in [-0.25, -0.2) is 4.21 Å². The molecule has 0 aliphatic carbocycles. The maximum atomic E-state index is 12.4. The Kier molecular flexibility index (Phi) is 6.27. The van der Waals surface area contributed by atoms with Gasteiger partial charge in [-0.3, -0.25) is 4.98 Å². The van der Waals surface area contributed by atoms with E-state index in [1.807, 2.05) is 13.8 Å². The smallest absolute Gasteiger partial charge is 0.307 e. The van der Waals surface area contributed by atoms with Gasteiger partial charge in [0, 0.05) is 23.7 Å². The molecule has 23 heavy (non-hydrogen) atoms. The number of nitrogens with zero attached hydrogens (tertiary/aromatic N) is 3. The summed E-state index contributed by atoms with van der Waals surface area (Å²) in [5, 5.41) is 8.04. The molecule has 0 bridgehead atoms. The molecule has 2 aromatic heterocycles. The highest BCUT2D eigenvalue weighted by Crippen LogP contribution is 2.25. The van der Waals surface area contributed by atoms with E-state index in [1.54, 1.807) is 13.3 Å². The Bertz CT molecular complexity index is 685. The highest BCUT2D eigenvalue weighted by molar-refractivity contribution is 7.83. The number of aromatic nitrogens is 3. The van der Waals surface area contributed by atoms with Crippen LogP contribution in [0.1, 0.15) is 48.9 Å². The van der Waals surface area contributed by atoms with Crippen molar-refractivity contribution in [1.82, 2.24) is 15.2 Å². The number of ether oxygens (including phenoxy) is 1. The van der Waals surface area contributed by atoms with Crippen LogP contribution < -0.4 is 4.74 Å². The molecule has 2 heterocycles. The van der Waals surface area contributed by atoms with Crippen LogP contribution in [0.2, 0.25) is 0 Å². The molecule has 2 aromatic rings. The zero-order chi connectivity index (χ0) is 16.8. The maximum absolute atomic E-state index is 12.4. The van der Waals surface area contributed by atoms with Gasteiger partial charge in [-0.05, 0) is 20.3 Å². The molecule has 7 heteroatoms. The van der Waals surface area contributed by atoms with Crippen LogP contribution in [0.3, 0.4) is 0 Å². The summed E-state index contributed by atoms with van der Waals surface area (Å²) in [5.74, 6) is 1.56. The van der Waals surface area contributed by atoms with Crippen molar-refractivity contribution >= 4 is 10.8 Å². The molecule has 6 nitrogen and oxygen atoms in total. The summed E-state index contributed by atoms with van der Waals surface area (Å²) in [7, 11) is 0.215. The average Bonchev–Trinajstić information content (AvgIpc) is 3.00. The first kappa shape index (κ1) is 17.6. The van der Waals surface area contributed by atoms with E-state index < -0.39 is 10.8 Å². The zero-order valence-electron chi connectivity index (χ0n) is 14.1. The third kappa shape index (κ3) is 4.37. The van der Waals surface area contributed by atoms with Crippen molar-refractivity contribution in [3.8, 4) is 5.75 Å². The summed E-state index contributed by atoms with van der Waals surface area (Å²) in [6.07, 6.45) is 5.71. The van der Waals surface area contributed by atoms with Gasteiger partial charge in [-0.1, -0.05) is 24.9 Å². The fraction of sp³-hybridized carbons (Fsp3) is 0.562. The standard InChI is InChI=1S/C16H23N3O3S/c1-5-6-7-8-14-18-19-16(22-14)23(20)10-13-12(3)15(21-4)11(2)9-17-13/h9H,5-8,10H2,1-4H3. The first-order valence-corrected chi connectivity index (χ1v) is 9.08. The zero-order valence-corrected chi connectivity index (χ0v) is 14.9. The molecule has 0 saturated carbocycles. The van der Waals surface area contributed by atoms with Crippen molar-refractivity contribution in [3.05, 3.63) is 28.9 Å². The number of hydrogen-bond acceptors (Lipinski definition) is 6. The SMILES string of the molecule is CCCCCc1nnc(S(=O)Cc2ncc(C)c(OC)c2C)o1. The summed E-state index contributed by atoms with van der Waals surface area (Å²) in [5.41, 5.74) is 2.57. The first-order chi connectivity index (χ1) is 11.1. The summed E-state index contributed by atoms with van der Waals surface area (Å²) in [6, 6.07) is 0. The van der Waals surface area contributed by atoms with E-state index >= 15 is 0 Å². The summed E-state index contributed by atoms with van der Waals surface area (Å²) >= 11 is 0. The first-order valence-electron chi connectivity index (χ1n) is 7.76. The van der Waals surface area contributed by atoms with Crippen LogP contribution in [0.5, 0.6) is 5.75 Å². The van der Waals surface area contributed by atoms with Crippen LogP contribution in [0, 0.1) is 13.8 Å². The Morgan fingerprint density at radius 3 is 2.74 bits per heavy atom. The van der Waals surface area contributed by atoms with Gasteiger partial charge in [0.2, 0.25) is 5.89 Å². The number of unbranched alkanes of at least 4 members (excludes halogenated alkanes) is 2. The Morgan fingerprint density at radius 2 is 2.04 bits per heavy atom. The minimum atomic E-state index is -1.41. The van der Waals surface area contributed by atoms with Crippen LogP contribution in [-0.4, -0.2) is 26.5 Å². The Labute approximate surface area is 139 Å². The van der Waals surface area contributed by atoms with Gasteiger partial charge in [0.05, 0.1) is 18.6 Å². The second-order valence-electron chi connectivity index (χ2n) is 5.45. The highest BCUT2D eigenvalue weighted by Gasteiger charge is 2.17. The Hall–Kier alpha value is -1.76. The molecule has 0 saturated heterocycles. The van der Waals surface area contributed by atoms with Crippen molar-refractivity contribution in [3.63, 3.8) is 0 Å². The molecule has 0 amide bonds. The largest absolute Gasteiger partial charge is 0.496 e. The molecular formula is C16H23N3O3S. The minimum Gasteiger partial charge on any atom is -0.496 e. The lowest BCUT2D eigenvalue weighted by molar-refractivity contribution is 0.400. The topological polar surface area (TPSA) is 78.1 Å². The summed E-state index contributed by atoms with van der Waals surface area (Å²) in [4.78, 5) is 4.36. The summed E-state index contributed by atoms with van der Waals surface area (Å²) < 4.78 is 23.3. The van der Waals surface area contributed by atoms with Crippen molar-refractivity contribution in [2.45, 2.75) is 57.4 Å². The number of pyridine rings is 1. The number of rotatable bonds is 8. The minimum absolute atomic E-state index is 0.164. The molecular weight excluding hydrogens is 314 g/mol.